The molecule has 0 radical (unpaired) electrons. The van der Waals surface area contributed by atoms with Gasteiger partial charge in [-0.2, -0.15) is 13.2 Å². The van der Waals surface area contributed by atoms with Crippen molar-refractivity contribution in [2.75, 3.05) is 6.26 Å². The van der Waals surface area contributed by atoms with Gasteiger partial charge < -0.3 is 10.3 Å². The van der Waals surface area contributed by atoms with Crippen LogP contribution in [0.25, 0.3) is 0 Å². The van der Waals surface area contributed by atoms with Crippen molar-refractivity contribution in [3.8, 4) is 0 Å². The van der Waals surface area contributed by atoms with Crippen LogP contribution in [0.5, 0.6) is 0 Å². The van der Waals surface area contributed by atoms with Crippen LogP contribution >= 0.6 is 11.8 Å². The van der Waals surface area contributed by atoms with Crippen molar-refractivity contribution in [2.24, 2.45) is 0 Å². The predicted octanol–water partition coefficient (Wildman–Crippen LogP) is 3.63. The average molecular weight is 399 g/mol. The van der Waals surface area contributed by atoms with Gasteiger partial charge in [-0.05, 0) is 44.2 Å². The molecule has 27 heavy (non-hydrogen) atoms. The van der Waals surface area contributed by atoms with E-state index in [0.717, 1.165) is 12.1 Å². The fourth-order valence-corrected chi connectivity index (χ4v) is 3.02. The maximum atomic E-state index is 12.8. The van der Waals surface area contributed by atoms with Crippen molar-refractivity contribution in [3.63, 3.8) is 0 Å². The number of hydrogen-bond acceptors (Lipinski definition) is 4. The lowest BCUT2D eigenvalue weighted by Gasteiger charge is -2.16. The molecule has 1 aromatic heterocycles. The normalized spacial score (nSPS) is 12.7. The van der Waals surface area contributed by atoms with Gasteiger partial charge in [-0.1, -0.05) is 23.9 Å². The zero-order valence-electron chi connectivity index (χ0n) is 15.1. The minimum atomic E-state index is -4.44. The lowest BCUT2D eigenvalue weighted by Crippen LogP contribution is -2.28. The highest BCUT2D eigenvalue weighted by atomic mass is 32.2. The molecule has 1 aromatic carbocycles. The lowest BCUT2D eigenvalue weighted by atomic mass is 10.0. The number of benzene rings is 1. The number of aryl methyl sites for hydroxylation is 1. The monoisotopic (exact) mass is 399 g/mol. The first-order chi connectivity index (χ1) is 12.6. The predicted molar refractivity (Wildman–Crippen MR) is 97.7 cm³/mol. The molecule has 0 saturated carbocycles. The van der Waals surface area contributed by atoms with Crippen LogP contribution in [0.4, 0.5) is 13.2 Å². The highest BCUT2D eigenvalue weighted by Crippen LogP contribution is 2.30. The summed E-state index contributed by atoms with van der Waals surface area (Å²) in [6, 6.07) is 4.25. The summed E-state index contributed by atoms with van der Waals surface area (Å²) in [5.41, 5.74) is 0.295. The Bertz CT molecular complexity index is 881. The SMILES string of the molecule is CSc1nc(C)c(CCC(=O)NC(C)c2cccc(C(F)(F)F)c2)c(=O)[nH]1. The Hall–Kier alpha value is -2.29. The number of carbonyl (C=O) groups is 1. The second-order valence-corrected chi connectivity index (χ2v) is 6.85. The van der Waals surface area contributed by atoms with Gasteiger partial charge in [0.2, 0.25) is 5.91 Å². The molecule has 1 amide bonds. The van der Waals surface area contributed by atoms with Crippen LogP contribution in [0.3, 0.4) is 0 Å². The smallest absolute Gasteiger partial charge is 0.350 e. The molecule has 2 N–H and O–H groups in total. The van der Waals surface area contributed by atoms with Gasteiger partial charge in [0.1, 0.15) is 0 Å². The van der Waals surface area contributed by atoms with E-state index in [1.807, 2.05) is 0 Å². The lowest BCUT2D eigenvalue weighted by molar-refractivity contribution is -0.137. The molecule has 2 rings (SSSR count). The highest BCUT2D eigenvalue weighted by molar-refractivity contribution is 7.98. The Labute approximate surface area is 158 Å². The summed E-state index contributed by atoms with van der Waals surface area (Å²) in [7, 11) is 0. The molecule has 0 fully saturated rings. The molecule has 0 saturated heterocycles. The van der Waals surface area contributed by atoms with E-state index in [1.54, 1.807) is 20.1 Å². The molecule has 2 aromatic rings. The molecule has 1 atom stereocenters. The summed E-state index contributed by atoms with van der Waals surface area (Å²) in [6.45, 7) is 3.31. The van der Waals surface area contributed by atoms with Crippen LogP contribution in [-0.2, 0) is 17.4 Å². The number of halogens is 3. The number of aromatic amines is 1. The number of amides is 1. The quantitative estimate of drug-likeness (QED) is 0.575. The second-order valence-electron chi connectivity index (χ2n) is 6.05. The number of rotatable bonds is 6. The molecule has 1 unspecified atom stereocenters. The third-order valence-corrected chi connectivity index (χ3v) is 4.67. The zero-order valence-corrected chi connectivity index (χ0v) is 15.9. The Kier molecular flexibility index (Phi) is 6.69. The first-order valence-electron chi connectivity index (χ1n) is 8.22. The molecule has 9 heteroatoms. The number of nitrogens with one attached hydrogen (secondary N) is 2. The molecule has 0 aliphatic heterocycles. The number of alkyl halides is 3. The Morgan fingerprint density at radius 2 is 2.07 bits per heavy atom. The molecule has 0 aliphatic rings. The molecular weight excluding hydrogens is 379 g/mol. The fraction of sp³-hybridized carbons (Fsp3) is 0.389. The molecule has 0 bridgehead atoms. The standard InChI is InChI=1S/C18H20F3N3O2S/c1-10(12-5-4-6-13(9-12)18(19,20)21)22-15(25)8-7-14-11(2)23-17(27-3)24-16(14)26/h4-6,9-10H,7-8H2,1-3H3,(H,22,25)(H,23,24,26). The van der Waals surface area contributed by atoms with Crippen molar-refractivity contribution in [3.05, 3.63) is 57.0 Å². The minimum absolute atomic E-state index is 0.0352. The maximum absolute atomic E-state index is 12.8. The largest absolute Gasteiger partial charge is 0.416 e. The van der Waals surface area contributed by atoms with E-state index < -0.39 is 17.8 Å². The van der Waals surface area contributed by atoms with Crippen LogP contribution in [0.2, 0.25) is 0 Å². The van der Waals surface area contributed by atoms with E-state index in [-0.39, 0.29) is 24.3 Å². The molecule has 1 heterocycles. The molecule has 146 valence electrons. The summed E-state index contributed by atoms with van der Waals surface area (Å²) < 4.78 is 38.4. The van der Waals surface area contributed by atoms with Gasteiger partial charge in [-0.25, -0.2) is 4.98 Å². The van der Waals surface area contributed by atoms with Crippen molar-refractivity contribution in [2.45, 2.75) is 44.1 Å². The molecule has 0 aliphatic carbocycles. The van der Waals surface area contributed by atoms with Gasteiger partial charge in [0.05, 0.1) is 11.6 Å². The molecular formula is C18H20F3N3O2S. The number of thioether (sulfide) groups is 1. The van der Waals surface area contributed by atoms with E-state index in [1.165, 1.54) is 23.9 Å². The zero-order chi connectivity index (χ0) is 20.2. The van der Waals surface area contributed by atoms with Gasteiger partial charge in [0, 0.05) is 17.7 Å². The third-order valence-electron chi connectivity index (χ3n) is 4.09. The Balaban J connectivity index is 2.01. The fourth-order valence-electron chi connectivity index (χ4n) is 2.60. The second kappa shape index (κ2) is 8.60. The van der Waals surface area contributed by atoms with E-state index in [4.69, 9.17) is 0 Å². The highest BCUT2D eigenvalue weighted by Gasteiger charge is 2.30. The summed E-state index contributed by atoms with van der Waals surface area (Å²) in [5, 5.41) is 3.17. The average Bonchev–Trinajstić information content (AvgIpc) is 2.60. The number of H-pyrrole nitrogens is 1. The summed E-state index contributed by atoms with van der Waals surface area (Å²) >= 11 is 1.31. The van der Waals surface area contributed by atoms with Crippen LogP contribution in [-0.4, -0.2) is 22.1 Å². The van der Waals surface area contributed by atoms with Crippen LogP contribution in [0, 0.1) is 6.92 Å². The van der Waals surface area contributed by atoms with Crippen LogP contribution in [0.1, 0.15) is 41.8 Å². The van der Waals surface area contributed by atoms with Crippen molar-refractivity contribution >= 4 is 17.7 Å². The third kappa shape index (κ3) is 5.59. The summed E-state index contributed by atoms with van der Waals surface area (Å²) in [4.78, 5) is 31.1. The molecule has 0 spiro atoms. The minimum Gasteiger partial charge on any atom is -0.350 e. The van der Waals surface area contributed by atoms with E-state index in [9.17, 15) is 22.8 Å². The van der Waals surface area contributed by atoms with Gasteiger partial charge in [0.15, 0.2) is 5.16 Å². The number of hydrogen-bond donors (Lipinski definition) is 2. The topological polar surface area (TPSA) is 74.8 Å². The summed E-state index contributed by atoms with van der Waals surface area (Å²) in [6.07, 6.45) is -2.41. The first-order valence-corrected chi connectivity index (χ1v) is 9.44. The first kappa shape index (κ1) is 21.0. The summed E-state index contributed by atoms with van der Waals surface area (Å²) in [5.74, 6) is -0.354. The van der Waals surface area contributed by atoms with Gasteiger partial charge >= 0.3 is 6.18 Å². The Morgan fingerprint density at radius 3 is 2.67 bits per heavy atom. The van der Waals surface area contributed by atoms with Gasteiger partial charge in [0.25, 0.3) is 5.56 Å². The number of nitrogens with zero attached hydrogens (tertiary/aromatic N) is 1. The van der Waals surface area contributed by atoms with E-state index in [0.29, 0.717) is 22.0 Å². The van der Waals surface area contributed by atoms with E-state index >= 15 is 0 Å². The van der Waals surface area contributed by atoms with Crippen molar-refractivity contribution in [1.82, 2.24) is 15.3 Å². The van der Waals surface area contributed by atoms with Crippen LogP contribution in [0.15, 0.2) is 34.2 Å². The van der Waals surface area contributed by atoms with Gasteiger partial charge in [-0.3, -0.25) is 9.59 Å². The number of aromatic nitrogens is 2. The van der Waals surface area contributed by atoms with Gasteiger partial charge in [-0.15, -0.1) is 0 Å². The van der Waals surface area contributed by atoms with Crippen LogP contribution < -0.4 is 10.9 Å². The Morgan fingerprint density at radius 1 is 1.37 bits per heavy atom. The molecule has 5 nitrogen and oxygen atoms in total. The maximum Gasteiger partial charge on any atom is 0.416 e. The number of carbonyl (C=O) groups excluding carboxylic acids is 1. The van der Waals surface area contributed by atoms with Crippen molar-refractivity contribution < 1.29 is 18.0 Å². The van der Waals surface area contributed by atoms with E-state index in [2.05, 4.69) is 15.3 Å². The van der Waals surface area contributed by atoms with Crippen molar-refractivity contribution in [1.29, 1.82) is 0 Å².